The van der Waals surface area contributed by atoms with Gasteiger partial charge in [0, 0.05) is 17.7 Å². The maximum absolute atomic E-state index is 11.5. The zero-order valence-electron chi connectivity index (χ0n) is 12.1. The smallest absolute Gasteiger partial charge is 0.339 e. The lowest BCUT2D eigenvalue weighted by molar-refractivity contribution is -0.154. The third-order valence-corrected chi connectivity index (χ3v) is 3.71. The maximum atomic E-state index is 11.5. The topological polar surface area (TPSA) is 44.8 Å². The summed E-state index contributed by atoms with van der Waals surface area (Å²) in [5.41, 5.74) is 2.41. The molecule has 0 aliphatic carbocycles. The van der Waals surface area contributed by atoms with E-state index in [1.54, 1.807) is 6.07 Å². The Balaban J connectivity index is 1.60. The van der Waals surface area contributed by atoms with E-state index in [1.807, 2.05) is 19.1 Å². The van der Waals surface area contributed by atoms with Crippen molar-refractivity contribution in [2.24, 2.45) is 0 Å². The fourth-order valence-corrected chi connectivity index (χ4v) is 2.57. The number of cyclic esters (lactones) is 1. The minimum absolute atomic E-state index is 0.112. The van der Waals surface area contributed by atoms with Gasteiger partial charge in [0.15, 0.2) is 6.29 Å². The third kappa shape index (κ3) is 3.26. The highest BCUT2D eigenvalue weighted by atomic mass is 16.7. The van der Waals surface area contributed by atoms with Gasteiger partial charge >= 0.3 is 5.97 Å². The van der Waals surface area contributed by atoms with Crippen LogP contribution in [0.1, 0.15) is 53.8 Å². The van der Waals surface area contributed by atoms with Crippen LogP contribution in [0.2, 0.25) is 0 Å². The van der Waals surface area contributed by atoms with Gasteiger partial charge in [0.1, 0.15) is 12.7 Å². The lowest BCUT2D eigenvalue weighted by Gasteiger charge is -2.21. The van der Waals surface area contributed by atoms with Crippen molar-refractivity contribution in [2.75, 3.05) is 13.2 Å². The normalized spacial score (nSPS) is 24.0. The fraction of sp³-hybridized carbons (Fsp3) is 0.471. The van der Waals surface area contributed by atoms with E-state index >= 15 is 0 Å². The molecule has 2 unspecified atom stereocenters. The van der Waals surface area contributed by atoms with Gasteiger partial charge in [-0.05, 0) is 44.4 Å². The van der Waals surface area contributed by atoms with E-state index in [1.165, 1.54) is 0 Å². The SMILES string of the molecule is CC1OC(=O)c2ccc(C#CCOC3CCCCO3)cc21. The Morgan fingerprint density at radius 1 is 1.38 bits per heavy atom. The number of benzene rings is 1. The Labute approximate surface area is 124 Å². The van der Waals surface area contributed by atoms with Gasteiger partial charge in [-0.1, -0.05) is 11.8 Å². The van der Waals surface area contributed by atoms with Crippen molar-refractivity contribution in [2.45, 2.75) is 38.6 Å². The number of carbonyl (C=O) groups excluding carboxylic acids is 1. The first-order chi connectivity index (χ1) is 10.2. The minimum Gasteiger partial charge on any atom is -0.454 e. The summed E-state index contributed by atoms with van der Waals surface area (Å²) in [7, 11) is 0. The number of esters is 1. The summed E-state index contributed by atoms with van der Waals surface area (Å²) in [4.78, 5) is 11.5. The average Bonchev–Trinajstić information content (AvgIpc) is 2.79. The van der Waals surface area contributed by atoms with Crippen molar-refractivity contribution in [1.82, 2.24) is 0 Å². The van der Waals surface area contributed by atoms with E-state index in [9.17, 15) is 4.79 Å². The first-order valence-electron chi connectivity index (χ1n) is 7.31. The fourth-order valence-electron chi connectivity index (χ4n) is 2.57. The van der Waals surface area contributed by atoms with Crippen LogP contribution in [0.15, 0.2) is 18.2 Å². The molecule has 2 atom stereocenters. The largest absolute Gasteiger partial charge is 0.454 e. The maximum Gasteiger partial charge on any atom is 0.339 e. The number of rotatable bonds is 2. The Kier molecular flexibility index (Phi) is 4.23. The molecule has 4 nitrogen and oxygen atoms in total. The van der Waals surface area contributed by atoms with Crippen LogP contribution in [-0.2, 0) is 14.2 Å². The van der Waals surface area contributed by atoms with E-state index in [4.69, 9.17) is 14.2 Å². The van der Waals surface area contributed by atoms with Crippen LogP contribution < -0.4 is 0 Å². The molecule has 0 spiro atoms. The zero-order chi connectivity index (χ0) is 14.7. The van der Waals surface area contributed by atoms with Crippen LogP contribution >= 0.6 is 0 Å². The van der Waals surface area contributed by atoms with Crippen LogP contribution in [0.5, 0.6) is 0 Å². The third-order valence-electron chi connectivity index (χ3n) is 3.71. The van der Waals surface area contributed by atoms with Gasteiger partial charge in [-0.3, -0.25) is 0 Å². The Morgan fingerprint density at radius 2 is 2.29 bits per heavy atom. The van der Waals surface area contributed by atoms with Crippen LogP contribution in [0, 0.1) is 11.8 Å². The molecule has 1 saturated heterocycles. The highest BCUT2D eigenvalue weighted by molar-refractivity contribution is 5.94. The van der Waals surface area contributed by atoms with Crippen LogP contribution in [0.4, 0.5) is 0 Å². The summed E-state index contributed by atoms with van der Waals surface area (Å²) >= 11 is 0. The van der Waals surface area contributed by atoms with Gasteiger partial charge in [0.25, 0.3) is 0 Å². The van der Waals surface area contributed by atoms with E-state index < -0.39 is 0 Å². The number of ether oxygens (including phenoxy) is 3. The Bertz CT molecular complexity index is 591. The summed E-state index contributed by atoms with van der Waals surface area (Å²) in [5.74, 6) is 5.79. The molecule has 0 bridgehead atoms. The first-order valence-corrected chi connectivity index (χ1v) is 7.31. The summed E-state index contributed by atoms with van der Waals surface area (Å²) in [6.45, 7) is 2.99. The van der Waals surface area contributed by atoms with Gasteiger partial charge < -0.3 is 14.2 Å². The lowest BCUT2D eigenvalue weighted by atomic mass is 10.0. The molecule has 2 aliphatic heterocycles. The summed E-state index contributed by atoms with van der Waals surface area (Å²) in [5, 5.41) is 0. The molecule has 3 rings (SSSR count). The summed E-state index contributed by atoms with van der Waals surface area (Å²) in [6, 6.07) is 5.52. The first kappa shape index (κ1) is 14.1. The summed E-state index contributed by atoms with van der Waals surface area (Å²) < 4.78 is 16.2. The van der Waals surface area contributed by atoms with Crippen molar-refractivity contribution < 1.29 is 19.0 Å². The van der Waals surface area contributed by atoms with Gasteiger partial charge in [0.05, 0.1) is 5.56 Å². The number of hydrogen-bond acceptors (Lipinski definition) is 4. The van der Waals surface area contributed by atoms with Crippen molar-refractivity contribution in [3.8, 4) is 11.8 Å². The molecule has 4 heteroatoms. The highest BCUT2D eigenvalue weighted by Gasteiger charge is 2.27. The number of carbonyl (C=O) groups is 1. The number of fused-ring (bicyclic) bond motifs is 1. The Morgan fingerprint density at radius 3 is 3.10 bits per heavy atom. The van der Waals surface area contributed by atoms with E-state index in [0.29, 0.717) is 12.2 Å². The molecule has 1 aromatic carbocycles. The van der Waals surface area contributed by atoms with Crippen molar-refractivity contribution >= 4 is 5.97 Å². The second-order valence-electron chi connectivity index (χ2n) is 5.26. The molecule has 2 aliphatic rings. The second kappa shape index (κ2) is 6.30. The van der Waals surface area contributed by atoms with Crippen molar-refractivity contribution in [3.63, 3.8) is 0 Å². The molecule has 1 fully saturated rings. The van der Waals surface area contributed by atoms with Gasteiger partial charge in [0.2, 0.25) is 0 Å². The molecule has 110 valence electrons. The predicted octanol–water partition coefficient (Wildman–Crippen LogP) is 2.81. The van der Waals surface area contributed by atoms with Gasteiger partial charge in [-0.25, -0.2) is 4.79 Å². The second-order valence-corrected chi connectivity index (χ2v) is 5.26. The molecule has 1 aromatic rings. The van der Waals surface area contributed by atoms with Crippen molar-refractivity contribution in [3.05, 3.63) is 34.9 Å². The van der Waals surface area contributed by atoms with Gasteiger partial charge in [-0.2, -0.15) is 0 Å². The average molecular weight is 286 g/mol. The molecule has 0 radical (unpaired) electrons. The molecular formula is C17H18O4. The lowest BCUT2D eigenvalue weighted by Crippen LogP contribution is -2.22. The molecule has 0 saturated carbocycles. The van der Waals surface area contributed by atoms with E-state index in [-0.39, 0.29) is 18.4 Å². The highest BCUT2D eigenvalue weighted by Crippen LogP contribution is 2.30. The molecule has 2 heterocycles. The zero-order valence-corrected chi connectivity index (χ0v) is 12.1. The van der Waals surface area contributed by atoms with Crippen LogP contribution in [0.3, 0.4) is 0 Å². The standard InChI is InChI=1S/C17H18O4/c1-12-15-11-13(7-8-14(15)17(18)21-12)5-4-10-20-16-6-2-3-9-19-16/h7-8,11-12,16H,2-3,6,9-10H2,1H3. The van der Waals surface area contributed by atoms with Gasteiger partial charge in [-0.15, -0.1) is 0 Å². The molecule has 0 aromatic heterocycles. The minimum atomic E-state index is -0.255. The molecule has 0 N–H and O–H groups in total. The van der Waals surface area contributed by atoms with Crippen molar-refractivity contribution in [1.29, 1.82) is 0 Å². The molecule has 21 heavy (non-hydrogen) atoms. The van der Waals surface area contributed by atoms with Crippen LogP contribution in [-0.4, -0.2) is 25.5 Å². The quantitative estimate of drug-likeness (QED) is 0.619. The Hall–Kier alpha value is -1.83. The predicted molar refractivity (Wildman–Crippen MR) is 76.7 cm³/mol. The molecule has 0 amide bonds. The van der Waals surface area contributed by atoms with E-state index in [2.05, 4.69) is 11.8 Å². The van der Waals surface area contributed by atoms with E-state index in [0.717, 1.165) is 37.0 Å². The molecular weight excluding hydrogens is 268 g/mol. The van der Waals surface area contributed by atoms with Crippen LogP contribution in [0.25, 0.3) is 0 Å². The monoisotopic (exact) mass is 286 g/mol. The summed E-state index contributed by atoms with van der Waals surface area (Å²) in [6.07, 6.45) is 2.90. The number of hydrogen-bond donors (Lipinski definition) is 0.